The fourth-order valence-corrected chi connectivity index (χ4v) is 3.23. The average Bonchev–Trinajstić information content (AvgIpc) is 2.41. The maximum atomic E-state index is 6.19. The second-order valence-corrected chi connectivity index (χ2v) is 6.31. The van der Waals surface area contributed by atoms with Gasteiger partial charge in [-0.3, -0.25) is 4.90 Å². The number of nitrogens with two attached hydrogens (primary N) is 1. The lowest BCUT2D eigenvalue weighted by Crippen LogP contribution is -2.56. The van der Waals surface area contributed by atoms with E-state index >= 15 is 0 Å². The second-order valence-electron chi connectivity index (χ2n) is 6.31. The molecule has 2 nitrogen and oxygen atoms in total. The number of unbranched alkanes of at least 4 members (excludes halogenated alkanes) is 2. The molecular formula is C16H34N2. The summed E-state index contributed by atoms with van der Waals surface area (Å²) in [5, 5.41) is 0. The van der Waals surface area contributed by atoms with Gasteiger partial charge < -0.3 is 5.73 Å². The van der Waals surface area contributed by atoms with E-state index in [-0.39, 0.29) is 0 Å². The molecule has 2 heteroatoms. The monoisotopic (exact) mass is 254 g/mol. The Balaban J connectivity index is 2.65. The molecule has 0 saturated heterocycles. The summed E-state index contributed by atoms with van der Waals surface area (Å²) < 4.78 is 0. The molecule has 1 aliphatic rings. The van der Waals surface area contributed by atoms with Crippen molar-refractivity contribution in [1.82, 2.24) is 4.90 Å². The zero-order chi connectivity index (χ0) is 13.4. The smallest absolute Gasteiger partial charge is 0.0331 e. The van der Waals surface area contributed by atoms with E-state index in [1.54, 1.807) is 0 Å². The minimum absolute atomic E-state index is 0.330. The number of nitrogens with zero attached hydrogens (tertiary/aromatic N) is 1. The second kappa shape index (κ2) is 8.16. The molecule has 0 unspecified atom stereocenters. The van der Waals surface area contributed by atoms with Gasteiger partial charge in [0.05, 0.1) is 0 Å². The summed E-state index contributed by atoms with van der Waals surface area (Å²) in [6.07, 6.45) is 10.6. The lowest BCUT2D eigenvalue weighted by Gasteiger charge is -2.47. The van der Waals surface area contributed by atoms with Gasteiger partial charge in [-0.25, -0.2) is 0 Å². The molecule has 0 aromatic heterocycles. The first-order chi connectivity index (χ1) is 8.68. The van der Waals surface area contributed by atoms with Crippen LogP contribution in [0.2, 0.25) is 0 Å². The van der Waals surface area contributed by atoms with Crippen molar-refractivity contribution in [3.8, 4) is 0 Å². The summed E-state index contributed by atoms with van der Waals surface area (Å²) in [7, 11) is 0. The maximum absolute atomic E-state index is 6.19. The lowest BCUT2D eigenvalue weighted by atomic mass is 9.75. The number of hydrogen-bond acceptors (Lipinski definition) is 2. The zero-order valence-electron chi connectivity index (χ0n) is 12.9. The van der Waals surface area contributed by atoms with Gasteiger partial charge in [0, 0.05) is 12.1 Å². The van der Waals surface area contributed by atoms with Crippen molar-refractivity contribution in [3.63, 3.8) is 0 Å². The molecule has 108 valence electrons. The highest BCUT2D eigenvalue weighted by atomic mass is 15.2. The van der Waals surface area contributed by atoms with Crippen LogP contribution in [0.4, 0.5) is 0 Å². The Bertz CT molecular complexity index is 199. The van der Waals surface area contributed by atoms with Crippen LogP contribution in [0.15, 0.2) is 0 Å². The predicted octanol–water partition coefficient (Wildman–Crippen LogP) is 3.80. The standard InChI is InChI=1S/C16H34N2/c1-4-6-12-18(13-7-5-2)16(14-17)10-8-15(3)9-11-16/h15H,4-14,17H2,1-3H3. The molecular weight excluding hydrogens is 220 g/mol. The van der Waals surface area contributed by atoms with Crippen molar-refractivity contribution >= 4 is 0 Å². The van der Waals surface area contributed by atoms with Gasteiger partial charge in [-0.05, 0) is 57.5 Å². The first-order valence-corrected chi connectivity index (χ1v) is 8.13. The van der Waals surface area contributed by atoms with Gasteiger partial charge in [-0.15, -0.1) is 0 Å². The van der Waals surface area contributed by atoms with Crippen LogP contribution in [0.5, 0.6) is 0 Å². The van der Waals surface area contributed by atoms with Crippen LogP contribution in [-0.4, -0.2) is 30.1 Å². The minimum atomic E-state index is 0.330. The van der Waals surface area contributed by atoms with Crippen molar-refractivity contribution in [2.24, 2.45) is 11.7 Å². The molecule has 1 aliphatic carbocycles. The molecule has 1 fully saturated rings. The van der Waals surface area contributed by atoms with Gasteiger partial charge in [0.25, 0.3) is 0 Å². The molecule has 0 aromatic carbocycles. The third-order valence-electron chi connectivity index (χ3n) is 4.82. The topological polar surface area (TPSA) is 29.3 Å². The summed E-state index contributed by atoms with van der Waals surface area (Å²) in [4.78, 5) is 2.74. The largest absolute Gasteiger partial charge is 0.329 e. The lowest BCUT2D eigenvalue weighted by molar-refractivity contribution is 0.0421. The summed E-state index contributed by atoms with van der Waals surface area (Å²) in [5.41, 5.74) is 6.52. The highest BCUT2D eigenvalue weighted by Crippen LogP contribution is 2.36. The molecule has 0 radical (unpaired) electrons. The van der Waals surface area contributed by atoms with Crippen LogP contribution >= 0.6 is 0 Å². The molecule has 1 rings (SSSR count). The molecule has 0 aliphatic heterocycles. The fraction of sp³-hybridized carbons (Fsp3) is 1.00. The molecule has 0 spiro atoms. The van der Waals surface area contributed by atoms with E-state index in [0.717, 1.165) is 12.5 Å². The first-order valence-electron chi connectivity index (χ1n) is 8.13. The normalized spacial score (nSPS) is 28.8. The van der Waals surface area contributed by atoms with E-state index in [0.29, 0.717) is 5.54 Å². The Labute approximate surface area is 114 Å². The Morgan fingerprint density at radius 3 is 1.94 bits per heavy atom. The zero-order valence-corrected chi connectivity index (χ0v) is 12.9. The molecule has 0 aromatic rings. The highest BCUT2D eigenvalue weighted by Gasteiger charge is 2.37. The summed E-state index contributed by atoms with van der Waals surface area (Å²) in [5.74, 6) is 0.906. The third-order valence-corrected chi connectivity index (χ3v) is 4.82. The van der Waals surface area contributed by atoms with Gasteiger partial charge in [0.2, 0.25) is 0 Å². The molecule has 2 N–H and O–H groups in total. The Morgan fingerprint density at radius 1 is 1.06 bits per heavy atom. The van der Waals surface area contributed by atoms with Crippen LogP contribution < -0.4 is 5.73 Å². The summed E-state index contributed by atoms with van der Waals surface area (Å²) >= 11 is 0. The van der Waals surface area contributed by atoms with E-state index < -0.39 is 0 Å². The maximum Gasteiger partial charge on any atom is 0.0331 e. The Kier molecular flexibility index (Phi) is 7.25. The van der Waals surface area contributed by atoms with Crippen LogP contribution in [0.25, 0.3) is 0 Å². The SMILES string of the molecule is CCCCN(CCCC)C1(CN)CCC(C)CC1. The van der Waals surface area contributed by atoms with Crippen molar-refractivity contribution in [1.29, 1.82) is 0 Å². The highest BCUT2D eigenvalue weighted by molar-refractivity contribution is 4.95. The molecule has 0 atom stereocenters. The van der Waals surface area contributed by atoms with E-state index in [4.69, 9.17) is 5.73 Å². The quantitative estimate of drug-likeness (QED) is 0.714. The molecule has 0 heterocycles. The molecule has 18 heavy (non-hydrogen) atoms. The third kappa shape index (κ3) is 4.24. The predicted molar refractivity (Wildman–Crippen MR) is 80.8 cm³/mol. The van der Waals surface area contributed by atoms with E-state index in [1.165, 1.54) is 64.5 Å². The number of rotatable bonds is 8. The Hall–Kier alpha value is -0.0800. The molecule has 0 bridgehead atoms. The van der Waals surface area contributed by atoms with Crippen LogP contribution in [0.3, 0.4) is 0 Å². The van der Waals surface area contributed by atoms with Gasteiger partial charge in [-0.2, -0.15) is 0 Å². The van der Waals surface area contributed by atoms with Crippen LogP contribution in [0.1, 0.15) is 72.1 Å². The minimum Gasteiger partial charge on any atom is -0.329 e. The van der Waals surface area contributed by atoms with Gasteiger partial charge in [0.15, 0.2) is 0 Å². The van der Waals surface area contributed by atoms with E-state index in [1.807, 2.05) is 0 Å². The van der Waals surface area contributed by atoms with Crippen molar-refractivity contribution < 1.29 is 0 Å². The summed E-state index contributed by atoms with van der Waals surface area (Å²) in [6.45, 7) is 10.3. The van der Waals surface area contributed by atoms with Crippen molar-refractivity contribution in [3.05, 3.63) is 0 Å². The van der Waals surface area contributed by atoms with E-state index in [9.17, 15) is 0 Å². The molecule has 0 amide bonds. The average molecular weight is 254 g/mol. The van der Waals surface area contributed by atoms with E-state index in [2.05, 4.69) is 25.7 Å². The van der Waals surface area contributed by atoms with Gasteiger partial charge in [-0.1, -0.05) is 33.6 Å². The van der Waals surface area contributed by atoms with Crippen molar-refractivity contribution in [2.75, 3.05) is 19.6 Å². The van der Waals surface area contributed by atoms with Gasteiger partial charge in [0.1, 0.15) is 0 Å². The number of hydrogen-bond donors (Lipinski definition) is 1. The summed E-state index contributed by atoms with van der Waals surface area (Å²) in [6, 6.07) is 0. The first kappa shape index (κ1) is 16.0. The Morgan fingerprint density at radius 2 is 1.56 bits per heavy atom. The fourth-order valence-electron chi connectivity index (χ4n) is 3.23. The van der Waals surface area contributed by atoms with Gasteiger partial charge >= 0.3 is 0 Å². The van der Waals surface area contributed by atoms with Crippen molar-refractivity contribution in [2.45, 2.75) is 77.7 Å². The molecule has 1 saturated carbocycles. The van der Waals surface area contributed by atoms with Crippen LogP contribution in [-0.2, 0) is 0 Å². The van der Waals surface area contributed by atoms with Crippen LogP contribution in [0, 0.1) is 5.92 Å².